The van der Waals surface area contributed by atoms with Crippen LogP contribution in [-0.4, -0.2) is 23.9 Å². The molecule has 3 heteroatoms. The molecule has 2 heterocycles. The van der Waals surface area contributed by atoms with Crippen LogP contribution in [0.5, 0.6) is 0 Å². The molecule has 0 radical (unpaired) electrons. The molecular weight excluding hydrogens is 164 g/mol. The highest BCUT2D eigenvalue weighted by molar-refractivity contribution is 5.93. The summed E-state index contributed by atoms with van der Waals surface area (Å²) < 4.78 is 0. The average molecular weight is 176 g/mol. The van der Waals surface area contributed by atoms with E-state index in [1.54, 1.807) is 13.1 Å². The summed E-state index contributed by atoms with van der Waals surface area (Å²) >= 11 is 0. The zero-order chi connectivity index (χ0) is 9.26. The predicted molar refractivity (Wildman–Crippen MR) is 51.1 cm³/mol. The number of carbonyl (C=O) groups excluding carboxylic acids is 1. The summed E-state index contributed by atoms with van der Waals surface area (Å²) in [6, 6.07) is 3.75. The van der Waals surface area contributed by atoms with Gasteiger partial charge in [0.1, 0.15) is 5.82 Å². The van der Waals surface area contributed by atoms with E-state index in [1.807, 2.05) is 12.1 Å². The van der Waals surface area contributed by atoms with E-state index in [9.17, 15) is 4.79 Å². The summed E-state index contributed by atoms with van der Waals surface area (Å²) in [7, 11) is 0. The van der Waals surface area contributed by atoms with Crippen LogP contribution in [0.3, 0.4) is 0 Å². The number of Topliss-reactive ketones (excluding diaryl/α,β-unsaturated/α-hetero) is 1. The zero-order valence-corrected chi connectivity index (χ0v) is 7.66. The average Bonchev–Trinajstić information content (AvgIpc) is 2.02. The van der Waals surface area contributed by atoms with Crippen LogP contribution in [-0.2, 0) is 0 Å². The standard InChI is InChI=1S/C10H12N2O/c1-8(13)9-3-4-10(11-7-9)12-5-2-6-12/h3-4,7H,2,5-6H2,1H3. The van der Waals surface area contributed by atoms with Gasteiger partial charge in [-0.25, -0.2) is 4.98 Å². The van der Waals surface area contributed by atoms with Crippen molar-refractivity contribution < 1.29 is 4.79 Å². The van der Waals surface area contributed by atoms with Crippen LogP contribution in [0.15, 0.2) is 18.3 Å². The first-order chi connectivity index (χ1) is 6.27. The lowest BCUT2D eigenvalue weighted by Crippen LogP contribution is -2.37. The number of hydrogen-bond acceptors (Lipinski definition) is 3. The molecule has 68 valence electrons. The molecular formula is C10H12N2O. The molecule has 1 aromatic heterocycles. The lowest BCUT2D eigenvalue weighted by Gasteiger charge is -2.31. The van der Waals surface area contributed by atoms with E-state index in [0.29, 0.717) is 5.56 Å². The van der Waals surface area contributed by atoms with Crippen molar-refractivity contribution in [2.45, 2.75) is 13.3 Å². The van der Waals surface area contributed by atoms with E-state index >= 15 is 0 Å². The van der Waals surface area contributed by atoms with Crippen molar-refractivity contribution in [1.82, 2.24) is 4.98 Å². The van der Waals surface area contributed by atoms with Crippen molar-refractivity contribution in [3.05, 3.63) is 23.9 Å². The molecule has 0 saturated carbocycles. The van der Waals surface area contributed by atoms with Gasteiger partial charge in [0.15, 0.2) is 5.78 Å². The van der Waals surface area contributed by atoms with E-state index in [1.165, 1.54) is 6.42 Å². The maximum absolute atomic E-state index is 11.0. The summed E-state index contributed by atoms with van der Waals surface area (Å²) in [6.07, 6.45) is 2.89. The number of anilines is 1. The number of carbonyl (C=O) groups is 1. The van der Waals surface area contributed by atoms with Gasteiger partial charge in [-0.3, -0.25) is 4.79 Å². The van der Waals surface area contributed by atoms with Gasteiger partial charge in [0, 0.05) is 24.8 Å². The normalized spacial score (nSPS) is 15.3. The van der Waals surface area contributed by atoms with Crippen LogP contribution in [0.4, 0.5) is 5.82 Å². The summed E-state index contributed by atoms with van der Waals surface area (Å²) in [5, 5.41) is 0. The first-order valence-corrected chi connectivity index (χ1v) is 4.49. The van der Waals surface area contributed by atoms with Gasteiger partial charge in [-0.2, -0.15) is 0 Å². The Morgan fingerprint density at radius 1 is 1.46 bits per heavy atom. The zero-order valence-electron chi connectivity index (χ0n) is 7.66. The highest BCUT2D eigenvalue weighted by Gasteiger charge is 2.15. The quantitative estimate of drug-likeness (QED) is 0.640. The van der Waals surface area contributed by atoms with Gasteiger partial charge in [-0.15, -0.1) is 0 Å². The number of nitrogens with zero attached hydrogens (tertiary/aromatic N) is 2. The van der Waals surface area contributed by atoms with Crippen LogP contribution < -0.4 is 4.90 Å². The fourth-order valence-electron chi connectivity index (χ4n) is 1.33. The van der Waals surface area contributed by atoms with Crippen molar-refractivity contribution in [3.63, 3.8) is 0 Å². The van der Waals surface area contributed by atoms with Gasteiger partial charge in [0.2, 0.25) is 0 Å². The number of pyridine rings is 1. The SMILES string of the molecule is CC(=O)c1ccc(N2CCC2)nc1. The molecule has 1 aliphatic rings. The molecule has 0 atom stereocenters. The number of rotatable bonds is 2. The third kappa shape index (κ3) is 1.54. The lowest BCUT2D eigenvalue weighted by atomic mass is 10.2. The Balaban J connectivity index is 2.17. The Labute approximate surface area is 77.4 Å². The maximum Gasteiger partial charge on any atom is 0.161 e. The second-order valence-electron chi connectivity index (χ2n) is 3.30. The van der Waals surface area contributed by atoms with Crippen molar-refractivity contribution in [2.75, 3.05) is 18.0 Å². The second-order valence-corrected chi connectivity index (χ2v) is 3.30. The van der Waals surface area contributed by atoms with Gasteiger partial charge in [0.05, 0.1) is 0 Å². The molecule has 1 aliphatic heterocycles. The van der Waals surface area contributed by atoms with Crippen molar-refractivity contribution in [2.24, 2.45) is 0 Å². The molecule has 1 aromatic rings. The second kappa shape index (κ2) is 3.17. The molecule has 0 spiro atoms. The molecule has 0 N–H and O–H groups in total. The van der Waals surface area contributed by atoms with Crippen molar-refractivity contribution in [3.8, 4) is 0 Å². The highest BCUT2D eigenvalue weighted by Crippen LogP contribution is 2.17. The summed E-state index contributed by atoms with van der Waals surface area (Å²) in [4.78, 5) is 17.4. The third-order valence-electron chi connectivity index (χ3n) is 2.33. The van der Waals surface area contributed by atoms with E-state index in [-0.39, 0.29) is 5.78 Å². The smallest absolute Gasteiger partial charge is 0.161 e. The minimum atomic E-state index is 0.0719. The van der Waals surface area contributed by atoms with Crippen LogP contribution in [0, 0.1) is 0 Å². The molecule has 1 saturated heterocycles. The monoisotopic (exact) mass is 176 g/mol. The van der Waals surface area contributed by atoms with E-state index in [2.05, 4.69) is 9.88 Å². The molecule has 0 unspecified atom stereocenters. The van der Waals surface area contributed by atoms with Crippen LogP contribution in [0.2, 0.25) is 0 Å². The van der Waals surface area contributed by atoms with Gasteiger partial charge in [-0.05, 0) is 25.5 Å². The Hall–Kier alpha value is -1.38. The Kier molecular flexibility index (Phi) is 2.00. The molecule has 1 fully saturated rings. The fraction of sp³-hybridized carbons (Fsp3) is 0.400. The molecule has 0 bridgehead atoms. The van der Waals surface area contributed by atoms with Crippen molar-refractivity contribution >= 4 is 11.6 Å². The molecule has 13 heavy (non-hydrogen) atoms. The number of ketones is 1. The predicted octanol–water partition coefficient (Wildman–Crippen LogP) is 1.49. The van der Waals surface area contributed by atoms with Crippen molar-refractivity contribution in [1.29, 1.82) is 0 Å². The first kappa shape index (κ1) is 8.23. The number of aromatic nitrogens is 1. The van der Waals surface area contributed by atoms with Gasteiger partial charge in [-0.1, -0.05) is 0 Å². The fourth-order valence-corrected chi connectivity index (χ4v) is 1.33. The topological polar surface area (TPSA) is 33.2 Å². The molecule has 3 nitrogen and oxygen atoms in total. The molecule has 2 rings (SSSR count). The van der Waals surface area contributed by atoms with Crippen LogP contribution in [0.1, 0.15) is 23.7 Å². The van der Waals surface area contributed by atoms with E-state index < -0.39 is 0 Å². The Morgan fingerprint density at radius 3 is 2.62 bits per heavy atom. The van der Waals surface area contributed by atoms with Gasteiger partial charge >= 0.3 is 0 Å². The molecule has 0 amide bonds. The summed E-state index contributed by atoms with van der Waals surface area (Å²) in [6.45, 7) is 3.74. The van der Waals surface area contributed by atoms with Gasteiger partial charge in [0.25, 0.3) is 0 Å². The third-order valence-corrected chi connectivity index (χ3v) is 2.33. The van der Waals surface area contributed by atoms with E-state index in [0.717, 1.165) is 18.9 Å². The summed E-state index contributed by atoms with van der Waals surface area (Å²) in [5.74, 6) is 1.05. The first-order valence-electron chi connectivity index (χ1n) is 4.49. The lowest BCUT2D eigenvalue weighted by molar-refractivity contribution is 0.101. The largest absolute Gasteiger partial charge is 0.356 e. The maximum atomic E-state index is 11.0. The Morgan fingerprint density at radius 2 is 2.23 bits per heavy atom. The minimum Gasteiger partial charge on any atom is -0.356 e. The summed E-state index contributed by atoms with van der Waals surface area (Å²) in [5.41, 5.74) is 0.685. The number of hydrogen-bond donors (Lipinski definition) is 0. The Bertz CT molecular complexity index is 314. The van der Waals surface area contributed by atoms with Gasteiger partial charge < -0.3 is 4.90 Å². The minimum absolute atomic E-state index is 0.0719. The van der Waals surface area contributed by atoms with Crippen LogP contribution in [0.25, 0.3) is 0 Å². The van der Waals surface area contributed by atoms with E-state index in [4.69, 9.17) is 0 Å². The highest BCUT2D eigenvalue weighted by atomic mass is 16.1. The molecule has 0 aromatic carbocycles. The van der Waals surface area contributed by atoms with Crippen LogP contribution >= 0.6 is 0 Å². The molecule has 0 aliphatic carbocycles.